The normalized spacial score (nSPS) is 14.3. The summed E-state index contributed by atoms with van der Waals surface area (Å²) in [5, 5.41) is 2.74. The summed E-state index contributed by atoms with van der Waals surface area (Å²) < 4.78 is 0. The van der Waals surface area contributed by atoms with E-state index in [1.54, 1.807) is 0 Å². The highest BCUT2D eigenvalue weighted by atomic mass is 32.1. The van der Waals surface area contributed by atoms with E-state index in [4.69, 9.17) is 0 Å². The molecule has 0 saturated heterocycles. The van der Waals surface area contributed by atoms with Gasteiger partial charge < -0.3 is 5.32 Å². The van der Waals surface area contributed by atoms with Crippen molar-refractivity contribution in [3.05, 3.63) is 35.9 Å². The Kier molecular flexibility index (Phi) is 6.27. The molecule has 1 rings (SSSR count). The number of carbonyl (C=O) groups excluding carboxylic acids is 1. The van der Waals surface area contributed by atoms with Crippen molar-refractivity contribution in [2.24, 2.45) is 5.92 Å². The van der Waals surface area contributed by atoms with Gasteiger partial charge in [0.2, 0.25) is 5.91 Å². The summed E-state index contributed by atoms with van der Waals surface area (Å²) in [6, 6.07) is 10.4. The first-order valence-electron chi connectivity index (χ1n) is 6.53. The molecule has 100 valence electrons. The molecule has 2 nitrogen and oxygen atoms in total. The predicted molar refractivity (Wildman–Crippen MR) is 80.1 cm³/mol. The van der Waals surface area contributed by atoms with Crippen LogP contribution in [0, 0.1) is 5.92 Å². The van der Waals surface area contributed by atoms with E-state index in [0.717, 1.165) is 6.42 Å². The van der Waals surface area contributed by atoms with Crippen LogP contribution in [0.3, 0.4) is 0 Å². The van der Waals surface area contributed by atoms with Gasteiger partial charge >= 0.3 is 0 Å². The van der Waals surface area contributed by atoms with Crippen molar-refractivity contribution < 1.29 is 4.79 Å². The summed E-state index contributed by atoms with van der Waals surface area (Å²) in [5.74, 6) is 0.761. The van der Waals surface area contributed by atoms with E-state index in [0.29, 0.717) is 12.5 Å². The number of benzene rings is 1. The van der Waals surface area contributed by atoms with E-state index in [9.17, 15) is 4.79 Å². The molecule has 1 aromatic rings. The number of amides is 1. The molecule has 2 unspecified atom stereocenters. The van der Waals surface area contributed by atoms with Crippen LogP contribution in [0.25, 0.3) is 0 Å². The SMILES string of the molecule is CC(CCNC(=O)C(S)C(C)C)c1ccccc1. The summed E-state index contributed by atoms with van der Waals surface area (Å²) in [5.41, 5.74) is 1.32. The van der Waals surface area contributed by atoms with Crippen molar-refractivity contribution in [2.45, 2.75) is 38.4 Å². The van der Waals surface area contributed by atoms with Crippen LogP contribution in [0.15, 0.2) is 30.3 Å². The average Bonchev–Trinajstić information content (AvgIpc) is 2.38. The molecule has 1 amide bonds. The van der Waals surface area contributed by atoms with Crippen LogP contribution in [0.2, 0.25) is 0 Å². The summed E-state index contributed by atoms with van der Waals surface area (Å²) >= 11 is 4.30. The van der Waals surface area contributed by atoms with Gasteiger partial charge in [0.15, 0.2) is 0 Å². The molecule has 0 radical (unpaired) electrons. The molecule has 0 aliphatic heterocycles. The van der Waals surface area contributed by atoms with Crippen molar-refractivity contribution in [1.82, 2.24) is 5.32 Å². The molecule has 0 aliphatic rings. The maximum Gasteiger partial charge on any atom is 0.233 e. The zero-order valence-corrected chi connectivity index (χ0v) is 12.3. The minimum Gasteiger partial charge on any atom is -0.355 e. The number of hydrogen-bond acceptors (Lipinski definition) is 2. The molecular weight excluding hydrogens is 242 g/mol. The molecule has 1 N–H and O–H groups in total. The van der Waals surface area contributed by atoms with Gasteiger partial charge in [-0.25, -0.2) is 0 Å². The lowest BCUT2D eigenvalue weighted by atomic mass is 9.98. The number of thiol groups is 1. The fourth-order valence-electron chi connectivity index (χ4n) is 1.77. The molecule has 3 heteroatoms. The van der Waals surface area contributed by atoms with Crippen molar-refractivity contribution in [2.75, 3.05) is 6.54 Å². The van der Waals surface area contributed by atoms with Crippen LogP contribution in [0.4, 0.5) is 0 Å². The molecule has 0 aromatic heterocycles. The lowest BCUT2D eigenvalue weighted by Gasteiger charge is -2.16. The Balaban J connectivity index is 2.32. The minimum atomic E-state index is -0.211. The van der Waals surface area contributed by atoms with Crippen LogP contribution in [0.1, 0.15) is 38.7 Å². The van der Waals surface area contributed by atoms with Gasteiger partial charge in [-0.1, -0.05) is 51.1 Å². The second-order valence-electron chi connectivity index (χ2n) is 5.08. The van der Waals surface area contributed by atoms with Crippen molar-refractivity contribution in [3.8, 4) is 0 Å². The highest BCUT2D eigenvalue weighted by Crippen LogP contribution is 2.17. The first kappa shape index (κ1) is 15.1. The quantitative estimate of drug-likeness (QED) is 0.760. The maximum atomic E-state index is 11.7. The standard InChI is InChI=1S/C15H23NOS/c1-11(2)14(18)15(17)16-10-9-12(3)13-7-5-4-6-8-13/h4-8,11-12,14,18H,9-10H2,1-3H3,(H,16,17). The predicted octanol–water partition coefficient (Wildman–Crippen LogP) is 3.25. The maximum absolute atomic E-state index is 11.7. The highest BCUT2D eigenvalue weighted by Gasteiger charge is 2.17. The Hall–Kier alpha value is -0.960. The van der Waals surface area contributed by atoms with Gasteiger partial charge in [-0.2, -0.15) is 12.6 Å². The van der Waals surface area contributed by atoms with Gasteiger partial charge in [0, 0.05) is 6.54 Å². The number of carbonyl (C=O) groups is 1. The number of nitrogens with one attached hydrogen (secondary N) is 1. The van der Waals surface area contributed by atoms with Gasteiger partial charge in [-0.05, 0) is 23.8 Å². The monoisotopic (exact) mass is 265 g/mol. The Morgan fingerprint density at radius 3 is 2.39 bits per heavy atom. The van der Waals surface area contributed by atoms with E-state index in [1.807, 2.05) is 32.0 Å². The molecule has 1 aromatic carbocycles. The fourth-order valence-corrected chi connectivity index (χ4v) is 1.86. The summed E-state index contributed by atoms with van der Waals surface area (Å²) in [6.07, 6.45) is 0.953. The van der Waals surface area contributed by atoms with E-state index >= 15 is 0 Å². The summed E-state index contributed by atoms with van der Waals surface area (Å²) in [7, 11) is 0. The van der Waals surface area contributed by atoms with E-state index < -0.39 is 0 Å². The van der Waals surface area contributed by atoms with Gasteiger partial charge in [-0.15, -0.1) is 0 Å². The third-order valence-electron chi connectivity index (χ3n) is 3.15. The average molecular weight is 265 g/mol. The van der Waals surface area contributed by atoms with Crippen LogP contribution >= 0.6 is 12.6 Å². The highest BCUT2D eigenvalue weighted by molar-refractivity contribution is 7.81. The molecule has 0 saturated carbocycles. The lowest BCUT2D eigenvalue weighted by molar-refractivity contribution is -0.121. The van der Waals surface area contributed by atoms with Gasteiger partial charge in [0.05, 0.1) is 5.25 Å². The largest absolute Gasteiger partial charge is 0.355 e. The van der Waals surface area contributed by atoms with Crippen LogP contribution in [-0.4, -0.2) is 17.7 Å². The molecule has 0 aliphatic carbocycles. The smallest absolute Gasteiger partial charge is 0.233 e. The van der Waals surface area contributed by atoms with Crippen molar-refractivity contribution >= 4 is 18.5 Å². The zero-order valence-electron chi connectivity index (χ0n) is 11.4. The molecule has 0 heterocycles. The minimum absolute atomic E-state index is 0.0357. The van der Waals surface area contributed by atoms with Gasteiger partial charge in [0.1, 0.15) is 0 Å². The van der Waals surface area contributed by atoms with E-state index in [1.165, 1.54) is 5.56 Å². The third kappa shape index (κ3) is 4.73. The molecule has 2 atom stereocenters. The zero-order chi connectivity index (χ0) is 13.5. The molecule has 0 bridgehead atoms. The Morgan fingerprint density at radius 2 is 1.83 bits per heavy atom. The second-order valence-corrected chi connectivity index (χ2v) is 5.64. The third-order valence-corrected chi connectivity index (χ3v) is 3.98. The Bertz CT molecular complexity index is 364. The summed E-state index contributed by atoms with van der Waals surface area (Å²) in [4.78, 5) is 11.7. The van der Waals surface area contributed by atoms with Crippen molar-refractivity contribution in [3.63, 3.8) is 0 Å². The number of hydrogen-bond donors (Lipinski definition) is 2. The number of rotatable bonds is 6. The Labute approximate surface area is 116 Å². The first-order chi connectivity index (χ1) is 8.52. The molecular formula is C15H23NOS. The second kappa shape index (κ2) is 7.47. The van der Waals surface area contributed by atoms with Gasteiger partial charge in [-0.3, -0.25) is 4.79 Å². The van der Waals surface area contributed by atoms with Crippen LogP contribution in [0.5, 0.6) is 0 Å². The first-order valence-corrected chi connectivity index (χ1v) is 7.04. The van der Waals surface area contributed by atoms with E-state index in [2.05, 4.69) is 37.0 Å². The molecule has 18 heavy (non-hydrogen) atoms. The Morgan fingerprint density at radius 1 is 1.22 bits per heavy atom. The van der Waals surface area contributed by atoms with Crippen molar-refractivity contribution in [1.29, 1.82) is 0 Å². The lowest BCUT2D eigenvalue weighted by Crippen LogP contribution is -2.35. The molecule has 0 fully saturated rings. The fraction of sp³-hybridized carbons (Fsp3) is 0.533. The van der Waals surface area contributed by atoms with Crippen LogP contribution < -0.4 is 5.32 Å². The van der Waals surface area contributed by atoms with Gasteiger partial charge in [0.25, 0.3) is 0 Å². The topological polar surface area (TPSA) is 29.1 Å². The summed E-state index contributed by atoms with van der Waals surface area (Å²) in [6.45, 7) is 6.90. The van der Waals surface area contributed by atoms with E-state index in [-0.39, 0.29) is 17.1 Å². The van der Waals surface area contributed by atoms with Crippen LogP contribution in [-0.2, 0) is 4.79 Å². The molecule has 0 spiro atoms.